The maximum atomic E-state index is 13.5. The summed E-state index contributed by atoms with van der Waals surface area (Å²) in [6, 6.07) is 5.74. The lowest BCUT2D eigenvalue weighted by atomic mass is 10.2. The molecule has 8 heteroatoms. The fourth-order valence-electron chi connectivity index (χ4n) is 1.69. The Morgan fingerprint density at radius 3 is 2.30 bits per heavy atom. The largest absolute Gasteiger partial charge is 0.452 e. The lowest BCUT2D eigenvalue weighted by Crippen LogP contribution is -2.21. The number of halogens is 4. The average molecular weight is 344 g/mol. The first-order valence-electron chi connectivity index (χ1n) is 6.23. The molecule has 23 heavy (non-hydrogen) atoms. The molecule has 0 aromatic heterocycles. The van der Waals surface area contributed by atoms with Crippen molar-refractivity contribution in [2.24, 2.45) is 0 Å². The average Bonchev–Trinajstić information content (AvgIpc) is 2.43. The number of carbonyl (C=O) groups is 2. The van der Waals surface area contributed by atoms with E-state index in [0.29, 0.717) is 6.07 Å². The van der Waals surface area contributed by atoms with Crippen LogP contribution in [-0.2, 0) is 9.53 Å². The second-order valence-electron chi connectivity index (χ2n) is 4.41. The first-order valence-corrected chi connectivity index (χ1v) is 6.61. The number of carbonyl (C=O) groups excluding carboxylic acids is 2. The minimum atomic E-state index is -1.07. The minimum Gasteiger partial charge on any atom is -0.452 e. The van der Waals surface area contributed by atoms with Crippen LogP contribution in [0.25, 0.3) is 0 Å². The zero-order chi connectivity index (χ0) is 17.0. The van der Waals surface area contributed by atoms with E-state index in [1.54, 1.807) is 0 Å². The van der Waals surface area contributed by atoms with Crippen LogP contribution < -0.4 is 5.32 Å². The highest BCUT2D eigenvalue weighted by molar-refractivity contribution is 6.30. The van der Waals surface area contributed by atoms with Crippen molar-refractivity contribution >= 4 is 29.2 Å². The normalized spacial score (nSPS) is 10.3. The molecular formula is C15H9ClF3NO3. The molecule has 0 saturated heterocycles. The number of rotatable bonds is 4. The number of amides is 1. The predicted molar refractivity (Wildman–Crippen MR) is 76.7 cm³/mol. The molecule has 0 bridgehead atoms. The molecule has 1 amide bonds. The third kappa shape index (κ3) is 4.72. The summed E-state index contributed by atoms with van der Waals surface area (Å²) in [5, 5.41) is 2.24. The Morgan fingerprint density at radius 1 is 1.04 bits per heavy atom. The standard InChI is InChI=1S/C15H9ClF3NO3/c16-8-1-2-12(13(19)3-8)15(22)23-7-14(21)20-11-5-9(17)4-10(18)6-11/h1-6H,7H2,(H,20,21). The Morgan fingerprint density at radius 2 is 1.70 bits per heavy atom. The van der Waals surface area contributed by atoms with Gasteiger partial charge in [0.25, 0.3) is 5.91 Å². The number of esters is 1. The molecule has 0 aliphatic heterocycles. The second-order valence-corrected chi connectivity index (χ2v) is 4.84. The molecule has 0 unspecified atom stereocenters. The van der Waals surface area contributed by atoms with Crippen LogP contribution in [0, 0.1) is 17.5 Å². The fraction of sp³-hybridized carbons (Fsp3) is 0.0667. The van der Waals surface area contributed by atoms with Crippen LogP contribution in [0.1, 0.15) is 10.4 Å². The smallest absolute Gasteiger partial charge is 0.341 e. The van der Waals surface area contributed by atoms with Crippen molar-refractivity contribution < 1.29 is 27.5 Å². The van der Waals surface area contributed by atoms with Gasteiger partial charge in [0.05, 0.1) is 5.56 Å². The molecule has 4 nitrogen and oxygen atoms in total. The molecule has 2 aromatic rings. The van der Waals surface area contributed by atoms with Gasteiger partial charge in [-0.1, -0.05) is 11.6 Å². The molecule has 0 heterocycles. The van der Waals surface area contributed by atoms with Crippen LogP contribution in [0.15, 0.2) is 36.4 Å². The summed E-state index contributed by atoms with van der Waals surface area (Å²) in [7, 11) is 0. The van der Waals surface area contributed by atoms with E-state index in [0.717, 1.165) is 24.3 Å². The number of hydrogen-bond donors (Lipinski definition) is 1. The number of anilines is 1. The predicted octanol–water partition coefficient (Wildman–Crippen LogP) is 3.55. The number of hydrogen-bond acceptors (Lipinski definition) is 3. The van der Waals surface area contributed by atoms with Crippen LogP contribution in [-0.4, -0.2) is 18.5 Å². The molecule has 0 fully saturated rings. The van der Waals surface area contributed by atoms with Crippen LogP contribution >= 0.6 is 11.6 Å². The van der Waals surface area contributed by atoms with Gasteiger partial charge >= 0.3 is 5.97 Å². The van der Waals surface area contributed by atoms with Crippen LogP contribution in [0.5, 0.6) is 0 Å². The van der Waals surface area contributed by atoms with Gasteiger partial charge in [0.1, 0.15) is 17.5 Å². The van der Waals surface area contributed by atoms with E-state index in [1.165, 1.54) is 6.07 Å². The summed E-state index contributed by atoms with van der Waals surface area (Å²) in [6.07, 6.45) is 0. The van der Waals surface area contributed by atoms with Gasteiger partial charge in [0.15, 0.2) is 6.61 Å². The number of nitrogens with one attached hydrogen (secondary N) is 1. The second kappa shape index (κ2) is 7.15. The summed E-state index contributed by atoms with van der Waals surface area (Å²) >= 11 is 5.55. The first-order chi connectivity index (χ1) is 10.8. The zero-order valence-electron chi connectivity index (χ0n) is 11.4. The molecular weight excluding hydrogens is 335 g/mol. The van der Waals surface area contributed by atoms with Crippen LogP contribution in [0.2, 0.25) is 5.02 Å². The molecule has 1 N–H and O–H groups in total. The van der Waals surface area contributed by atoms with Gasteiger partial charge in [-0.2, -0.15) is 0 Å². The molecule has 0 radical (unpaired) electrons. The molecule has 0 spiro atoms. The Hall–Kier alpha value is -2.54. The van der Waals surface area contributed by atoms with E-state index in [2.05, 4.69) is 10.1 Å². The maximum Gasteiger partial charge on any atom is 0.341 e. The summed E-state index contributed by atoms with van der Waals surface area (Å²) in [4.78, 5) is 23.2. The van der Waals surface area contributed by atoms with Crippen LogP contribution in [0.4, 0.5) is 18.9 Å². The maximum absolute atomic E-state index is 13.5. The highest BCUT2D eigenvalue weighted by Gasteiger charge is 2.15. The van der Waals surface area contributed by atoms with Crippen molar-refractivity contribution in [3.05, 3.63) is 64.4 Å². The number of benzene rings is 2. The summed E-state index contributed by atoms with van der Waals surface area (Å²) in [5.41, 5.74) is -0.528. The van der Waals surface area contributed by atoms with Crippen molar-refractivity contribution in [2.75, 3.05) is 11.9 Å². The zero-order valence-corrected chi connectivity index (χ0v) is 12.2. The van der Waals surface area contributed by atoms with E-state index >= 15 is 0 Å². The highest BCUT2D eigenvalue weighted by atomic mass is 35.5. The van der Waals surface area contributed by atoms with Crippen molar-refractivity contribution in [3.63, 3.8) is 0 Å². The van der Waals surface area contributed by atoms with Gasteiger partial charge in [-0.05, 0) is 30.3 Å². The van der Waals surface area contributed by atoms with Gasteiger partial charge in [0, 0.05) is 16.8 Å². The van der Waals surface area contributed by atoms with Crippen molar-refractivity contribution in [1.29, 1.82) is 0 Å². The van der Waals surface area contributed by atoms with Gasteiger partial charge in [-0.15, -0.1) is 0 Å². The molecule has 2 aromatic carbocycles. The minimum absolute atomic E-state index is 0.102. The van der Waals surface area contributed by atoms with Crippen LogP contribution in [0.3, 0.4) is 0 Å². The van der Waals surface area contributed by atoms with Crippen molar-refractivity contribution in [3.8, 4) is 0 Å². The van der Waals surface area contributed by atoms with E-state index in [9.17, 15) is 22.8 Å². The van der Waals surface area contributed by atoms with E-state index in [4.69, 9.17) is 11.6 Å². The van der Waals surface area contributed by atoms with Crippen molar-refractivity contribution in [1.82, 2.24) is 0 Å². The van der Waals surface area contributed by atoms with Gasteiger partial charge in [0.2, 0.25) is 0 Å². The van der Waals surface area contributed by atoms with E-state index in [1.807, 2.05) is 0 Å². The fourth-order valence-corrected chi connectivity index (χ4v) is 1.85. The molecule has 120 valence electrons. The first kappa shape index (κ1) is 16.8. The Balaban J connectivity index is 1.94. The third-order valence-electron chi connectivity index (χ3n) is 2.63. The molecule has 0 aliphatic rings. The Kier molecular flexibility index (Phi) is 5.23. The molecule has 0 atom stereocenters. The molecule has 0 saturated carbocycles. The SMILES string of the molecule is O=C(COC(=O)c1ccc(Cl)cc1F)Nc1cc(F)cc(F)c1. The van der Waals surface area contributed by atoms with Gasteiger partial charge < -0.3 is 10.1 Å². The Labute approximate surface area is 133 Å². The quantitative estimate of drug-likeness (QED) is 0.864. The summed E-state index contributed by atoms with van der Waals surface area (Å²) in [5.74, 6) is -4.55. The summed E-state index contributed by atoms with van der Waals surface area (Å²) in [6.45, 7) is -0.751. The monoisotopic (exact) mass is 343 g/mol. The Bertz CT molecular complexity index is 747. The van der Waals surface area contributed by atoms with Gasteiger partial charge in [-0.25, -0.2) is 18.0 Å². The summed E-state index contributed by atoms with van der Waals surface area (Å²) < 4.78 is 44.0. The van der Waals surface area contributed by atoms with E-state index < -0.39 is 35.9 Å². The molecule has 2 rings (SSSR count). The van der Waals surface area contributed by atoms with E-state index in [-0.39, 0.29) is 16.3 Å². The lowest BCUT2D eigenvalue weighted by Gasteiger charge is -2.07. The van der Waals surface area contributed by atoms with Crippen molar-refractivity contribution in [2.45, 2.75) is 0 Å². The molecule has 0 aliphatic carbocycles. The highest BCUT2D eigenvalue weighted by Crippen LogP contribution is 2.16. The number of ether oxygens (including phenoxy) is 1. The third-order valence-corrected chi connectivity index (χ3v) is 2.87. The van der Waals surface area contributed by atoms with Gasteiger partial charge in [-0.3, -0.25) is 4.79 Å². The topological polar surface area (TPSA) is 55.4 Å². The lowest BCUT2D eigenvalue weighted by molar-refractivity contribution is -0.119.